The summed E-state index contributed by atoms with van der Waals surface area (Å²) >= 11 is 13.2. The van der Waals surface area contributed by atoms with E-state index in [1.165, 1.54) is 7.11 Å². The highest BCUT2D eigenvalue weighted by molar-refractivity contribution is 6.66. The topological polar surface area (TPSA) is 26.3 Å². The van der Waals surface area contributed by atoms with E-state index >= 15 is 0 Å². The first-order valence-electron chi connectivity index (χ1n) is 1.64. The second-order valence-electron chi connectivity index (χ2n) is 0.760. The monoisotopic (exact) mass is 196 g/mol. The Balaban J connectivity index is 0. The first kappa shape index (κ1) is 12.0. The second kappa shape index (κ2) is 6.39. The van der Waals surface area contributed by atoms with Gasteiger partial charge >= 0.3 is 4.05 Å². The summed E-state index contributed by atoms with van der Waals surface area (Å²) in [5.41, 5.74) is 0. The molecule has 0 amide bonds. The Bertz CT molecular complexity index is 65.9. The normalized spacial score (nSPS) is 9.00. The maximum atomic E-state index is 11.0. The lowest BCUT2D eigenvalue weighted by molar-refractivity contribution is -0.126. The molecule has 56 valence electrons. The van der Waals surface area contributed by atoms with Crippen molar-refractivity contribution in [2.45, 2.75) is 4.05 Å². The van der Waals surface area contributed by atoms with Crippen LogP contribution in [0.2, 0.25) is 0 Å². The van der Waals surface area contributed by atoms with Gasteiger partial charge in [-0.3, -0.25) is 4.79 Å². The van der Waals surface area contributed by atoms with Crippen LogP contribution in [0.5, 0.6) is 0 Å². The summed E-state index contributed by atoms with van der Waals surface area (Å²) in [4.78, 5) is 8.95. The van der Waals surface area contributed by atoms with E-state index in [1.54, 1.807) is 0 Å². The fourth-order valence-electron chi connectivity index (χ4n) is 0. The van der Waals surface area contributed by atoms with Gasteiger partial charge in [0, 0.05) is 0 Å². The van der Waals surface area contributed by atoms with Gasteiger partial charge in [0.05, 0.1) is 7.11 Å². The molecule has 0 aliphatic carbocycles. The summed E-state index contributed by atoms with van der Waals surface area (Å²) in [6, 6.07) is 0. The molecule has 0 aliphatic rings. The van der Waals surface area contributed by atoms with Gasteiger partial charge in [0.15, 0.2) is 0 Å². The minimum atomic E-state index is -2.58. The van der Waals surface area contributed by atoms with Crippen LogP contribution in [0.25, 0.3) is 0 Å². The number of ether oxygens (including phenoxy) is 1. The molecule has 0 spiro atoms. The highest BCUT2D eigenvalue weighted by atomic mass is 35.6. The summed E-state index contributed by atoms with van der Waals surface area (Å²) in [5, 5.41) is 0. The van der Waals surface area contributed by atoms with Crippen molar-refractivity contribution in [2.24, 2.45) is 0 Å². The predicted molar refractivity (Wildman–Crippen MR) is 34.5 cm³/mol. The first-order valence-corrected chi connectivity index (χ1v) is 2.77. The van der Waals surface area contributed by atoms with Gasteiger partial charge in [0.25, 0.3) is 6.47 Å². The SMILES string of the molecule is COC=O.FC(Cl)(Cl)Cl. The molecular formula is C3H4Cl3FO2. The van der Waals surface area contributed by atoms with Crippen LogP contribution in [0.15, 0.2) is 0 Å². The molecule has 9 heavy (non-hydrogen) atoms. The van der Waals surface area contributed by atoms with Crippen LogP contribution in [0, 0.1) is 0 Å². The van der Waals surface area contributed by atoms with Crippen LogP contribution in [0.1, 0.15) is 0 Å². The average molecular weight is 197 g/mol. The van der Waals surface area contributed by atoms with Gasteiger partial charge in [-0.2, -0.15) is 4.39 Å². The molecule has 0 saturated heterocycles. The number of carbonyl (C=O) groups excluding carboxylic acids is 1. The minimum absolute atomic E-state index is 0.375. The van der Waals surface area contributed by atoms with Gasteiger partial charge in [-0.05, 0) is 34.8 Å². The van der Waals surface area contributed by atoms with Crippen molar-refractivity contribution in [3.05, 3.63) is 0 Å². The Kier molecular flexibility index (Phi) is 8.52. The Morgan fingerprint density at radius 1 is 1.56 bits per heavy atom. The van der Waals surface area contributed by atoms with Crippen molar-refractivity contribution in [1.82, 2.24) is 0 Å². The molecule has 0 bridgehead atoms. The van der Waals surface area contributed by atoms with E-state index in [0.29, 0.717) is 6.47 Å². The van der Waals surface area contributed by atoms with Crippen LogP contribution >= 0.6 is 34.8 Å². The van der Waals surface area contributed by atoms with Gasteiger partial charge < -0.3 is 4.74 Å². The van der Waals surface area contributed by atoms with Crippen molar-refractivity contribution in [1.29, 1.82) is 0 Å². The van der Waals surface area contributed by atoms with Gasteiger partial charge in [0.1, 0.15) is 0 Å². The molecule has 6 heteroatoms. The van der Waals surface area contributed by atoms with Crippen LogP contribution in [-0.2, 0) is 9.53 Å². The van der Waals surface area contributed by atoms with Crippen LogP contribution < -0.4 is 0 Å². The van der Waals surface area contributed by atoms with Crippen LogP contribution in [0.4, 0.5) is 4.39 Å². The van der Waals surface area contributed by atoms with E-state index in [4.69, 9.17) is 4.79 Å². The molecule has 0 aromatic heterocycles. The van der Waals surface area contributed by atoms with E-state index in [9.17, 15) is 4.39 Å². The van der Waals surface area contributed by atoms with Gasteiger partial charge in [-0.1, -0.05) is 0 Å². The zero-order chi connectivity index (χ0) is 7.91. The van der Waals surface area contributed by atoms with E-state index in [2.05, 4.69) is 39.5 Å². The zero-order valence-electron chi connectivity index (χ0n) is 4.41. The third-order valence-electron chi connectivity index (χ3n) is 0.0962. The number of alkyl halides is 4. The number of halogens is 4. The summed E-state index contributed by atoms with van der Waals surface area (Å²) < 4.78 is 12.3. The number of rotatable bonds is 1. The fourth-order valence-corrected chi connectivity index (χ4v) is 0. The highest BCUT2D eigenvalue weighted by Crippen LogP contribution is 2.26. The smallest absolute Gasteiger partial charge is 0.333 e. The molecule has 0 aromatic rings. The fraction of sp³-hybridized carbons (Fsp3) is 0.667. The lowest BCUT2D eigenvalue weighted by Gasteiger charge is -1.89. The van der Waals surface area contributed by atoms with Crippen molar-refractivity contribution in [2.75, 3.05) is 7.11 Å². The molecule has 0 fully saturated rings. The molecule has 0 aromatic carbocycles. The summed E-state index contributed by atoms with van der Waals surface area (Å²) in [5.74, 6) is 0. The number of hydrogen-bond donors (Lipinski definition) is 0. The van der Waals surface area contributed by atoms with Gasteiger partial charge in [0.2, 0.25) is 0 Å². The largest absolute Gasteiger partial charge is 0.471 e. The van der Waals surface area contributed by atoms with Crippen molar-refractivity contribution >= 4 is 41.3 Å². The zero-order valence-corrected chi connectivity index (χ0v) is 6.67. The summed E-state index contributed by atoms with van der Waals surface area (Å²) in [6.07, 6.45) is 0. The maximum Gasteiger partial charge on any atom is 0.333 e. The molecule has 0 atom stereocenters. The molecule has 2 nitrogen and oxygen atoms in total. The Hall–Kier alpha value is 0.270. The first-order chi connectivity index (χ1) is 3.91. The predicted octanol–water partition coefficient (Wildman–Crippen LogP) is 2.07. The summed E-state index contributed by atoms with van der Waals surface area (Å²) in [6.45, 7) is 0.375. The average Bonchev–Trinajstić information content (AvgIpc) is 1.61. The van der Waals surface area contributed by atoms with E-state index < -0.39 is 4.05 Å². The molecule has 0 heterocycles. The van der Waals surface area contributed by atoms with Crippen LogP contribution in [0.3, 0.4) is 0 Å². The Morgan fingerprint density at radius 2 is 1.67 bits per heavy atom. The second-order valence-corrected chi connectivity index (χ2v) is 2.90. The third kappa shape index (κ3) is 202. The van der Waals surface area contributed by atoms with Crippen LogP contribution in [-0.4, -0.2) is 17.6 Å². The minimum Gasteiger partial charge on any atom is -0.471 e. The molecule has 0 unspecified atom stereocenters. The Morgan fingerprint density at radius 3 is 1.67 bits per heavy atom. The molecule has 0 saturated carbocycles. The lowest BCUT2D eigenvalue weighted by Crippen LogP contribution is -1.83. The molecule has 0 aliphatic heterocycles. The molecular weight excluding hydrogens is 193 g/mol. The van der Waals surface area contributed by atoms with E-state index in [-0.39, 0.29) is 0 Å². The highest BCUT2D eigenvalue weighted by Gasteiger charge is 2.14. The number of methoxy groups -OCH3 is 1. The standard InChI is InChI=1S/C2H4O2.CCl3F/c1-4-2-3;2-1(3,4)5/h2H,1H3;. The molecule has 0 radical (unpaired) electrons. The molecule has 0 N–H and O–H groups in total. The van der Waals surface area contributed by atoms with Gasteiger partial charge in [-0.15, -0.1) is 0 Å². The Labute approximate surface area is 66.8 Å². The summed E-state index contributed by atoms with van der Waals surface area (Å²) in [7, 11) is 1.31. The van der Waals surface area contributed by atoms with Crippen molar-refractivity contribution in [3.8, 4) is 0 Å². The lowest BCUT2D eigenvalue weighted by atomic mass is 11.5. The van der Waals surface area contributed by atoms with E-state index in [1.807, 2.05) is 0 Å². The van der Waals surface area contributed by atoms with Crippen molar-refractivity contribution in [3.63, 3.8) is 0 Å². The van der Waals surface area contributed by atoms with Gasteiger partial charge in [-0.25, -0.2) is 0 Å². The van der Waals surface area contributed by atoms with E-state index in [0.717, 1.165) is 0 Å². The third-order valence-corrected chi connectivity index (χ3v) is 0.0962. The number of carbonyl (C=O) groups is 1. The quantitative estimate of drug-likeness (QED) is 0.475. The maximum absolute atomic E-state index is 11.0. The number of hydrogen-bond acceptors (Lipinski definition) is 2. The van der Waals surface area contributed by atoms with Crippen molar-refractivity contribution < 1.29 is 13.9 Å². The molecule has 0 rings (SSSR count).